The first-order valence-electron chi connectivity index (χ1n) is 13.6. The van der Waals surface area contributed by atoms with E-state index in [2.05, 4.69) is 21.0 Å². The van der Waals surface area contributed by atoms with Crippen molar-refractivity contribution in [2.24, 2.45) is 21.1 Å². The van der Waals surface area contributed by atoms with E-state index in [1.54, 1.807) is 52.7 Å². The van der Waals surface area contributed by atoms with Gasteiger partial charge in [0.25, 0.3) is 0 Å². The van der Waals surface area contributed by atoms with Crippen LogP contribution in [0.15, 0.2) is 54.0 Å². The molecule has 1 aliphatic rings. The average Bonchev–Trinajstić information content (AvgIpc) is 3.76. The molecule has 0 N–H and O–H groups in total. The fourth-order valence-corrected chi connectivity index (χ4v) is 5.79. The van der Waals surface area contributed by atoms with E-state index in [0.29, 0.717) is 60.8 Å². The zero-order chi connectivity index (χ0) is 28.4. The van der Waals surface area contributed by atoms with Crippen molar-refractivity contribution >= 4 is 27.8 Å². The third-order valence-electron chi connectivity index (χ3n) is 7.99. The van der Waals surface area contributed by atoms with Crippen LogP contribution in [0.1, 0.15) is 6.92 Å². The van der Waals surface area contributed by atoms with Gasteiger partial charge in [0.05, 0.1) is 65.4 Å². The first-order valence-corrected chi connectivity index (χ1v) is 13.6. The molecule has 0 radical (unpaired) electrons. The lowest BCUT2D eigenvalue weighted by Crippen LogP contribution is -2.36. The molecular formula is C29H30FN9O2. The summed E-state index contributed by atoms with van der Waals surface area (Å²) in [4.78, 5) is 24.6. The Labute approximate surface area is 234 Å². The molecule has 0 spiro atoms. The SMILES string of the molecule is CCn1cc(-c2cc3nc(-c4cncn4C)n(-c4cc(N5CCOCC5)c5c(c4)n(C)c(=O)n5C)c3cc2F)cn1. The van der Waals surface area contributed by atoms with E-state index in [1.165, 1.54) is 6.07 Å². The number of anilines is 1. The van der Waals surface area contributed by atoms with Crippen LogP contribution in [-0.4, -0.2) is 64.3 Å². The number of morpholine rings is 1. The quantitative estimate of drug-likeness (QED) is 0.324. The summed E-state index contributed by atoms with van der Waals surface area (Å²) >= 11 is 0. The molecule has 12 heteroatoms. The Balaban J connectivity index is 1.53. The number of imidazole rings is 3. The summed E-state index contributed by atoms with van der Waals surface area (Å²) in [5.41, 5.74) is 6.35. The van der Waals surface area contributed by atoms with Crippen LogP contribution in [0.4, 0.5) is 10.1 Å². The molecule has 6 aromatic rings. The van der Waals surface area contributed by atoms with Crippen LogP contribution in [0, 0.1) is 5.82 Å². The van der Waals surface area contributed by atoms with E-state index in [9.17, 15) is 4.79 Å². The summed E-state index contributed by atoms with van der Waals surface area (Å²) in [5.74, 6) is 0.251. The van der Waals surface area contributed by atoms with Crippen LogP contribution in [0.5, 0.6) is 0 Å². The minimum absolute atomic E-state index is 0.114. The molecule has 210 valence electrons. The summed E-state index contributed by atoms with van der Waals surface area (Å²) in [6.07, 6.45) is 6.97. The molecule has 7 rings (SSSR count). The molecular weight excluding hydrogens is 525 g/mol. The number of nitrogens with zero attached hydrogens (tertiary/aromatic N) is 9. The molecule has 0 atom stereocenters. The van der Waals surface area contributed by atoms with Gasteiger partial charge in [-0.15, -0.1) is 0 Å². The molecule has 1 fully saturated rings. The summed E-state index contributed by atoms with van der Waals surface area (Å²) in [6.45, 7) is 5.28. The first kappa shape index (κ1) is 25.3. The zero-order valence-electron chi connectivity index (χ0n) is 23.4. The van der Waals surface area contributed by atoms with E-state index >= 15 is 4.39 Å². The van der Waals surface area contributed by atoms with Gasteiger partial charge in [0.15, 0.2) is 5.82 Å². The highest BCUT2D eigenvalue weighted by Crippen LogP contribution is 2.36. The Morgan fingerprint density at radius 2 is 1.80 bits per heavy atom. The monoisotopic (exact) mass is 555 g/mol. The standard InChI is InChI=1S/C29H30FN9O2/c1-5-38-16-18(14-32-38)20-12-22-23(13-21(20)30)39(28(33-22)26-15-31-17-34(26)2)19-10-24-27(36(4)29(40)35(24)3)25(11-19)37-6-8-41-9-7-37/h10-17H,5-9H2,1-4H3. The lowest BCUT2D eigenvalue weighted by atomic mass is 10.1. The molecule has 0 bridgehead atoms. The molecule has 41 heavy (non-hydrogen) atoms. The highest BCUT2D eigenvalue weighted by Gasteiger charge is 2.24. The van der Waals surface area contributed by atoms with Gasteiger partial charge in [0, 0.05) is 64.2 Å². The van der Waals surface area contributed by atoms with Gasteiger partial charge in [0.1, 0.15) is 11.5 Å². The van der Waals surface area contributed by atoms with Gasteiger partial charge in [-0.1, -0.05) is 0 Å². The van der Waals surface area contributed by atoms with Crippen molar-refractivity contribution in [3.05, 3.63) is 65.5 Å². The molecule has 0 saturated carbocycles. The second-order valence-corrected chi connectivity index (χ2v) is 10.4. The van der Waals surface area contributed by atoms with Crippen LogP contribution in [0.2, 0.25) is 0 Å². The summed E-state index contributed by atoms with van der Waals surface area (Å²) in [7, 11) is 5.47. The maximum Gasteiger partial charge on any atom is 0.328 e. The van der Waals surface area contributed by atoms with E-state index < -0.39 is 0 Å². The van der Waals surface area contributed by atoms with Gasteiger partial charge in [-0.3, -0.25) is 18.4 Å². The lowest BCUT2D eigenvalue weighted by Gasteiger charge is -2.30. The van der Waals surface area contributed by atoms with E-state index in [0.717, 1.165) is 28.1 Å². The number of aryl methyl sites for hydroxylation is 4. The van der Waals surface area contributed by atoms with Crippen LogP contribution >= 0.6 is 0 Å². The minimum atomic E-state index is -0.368. The smallest absolute Gasteiger partial charge is 0.328 e. The predicted molar refractivity (Wildman–Crippen MR) is 155 cm³/mol. The molecule has 1 aliphatic heterocycles. The first-order chi connectivity index (χ1) is 19.9. The van der Waals surface area contributed by atoms with E-state index in [1.807, 2.05) is 35.4 Å². The lowest BCUT2D eigenvalue weighted by molar-refractivity contribution is 0.123. The third-order valence-corrected chi connectivity index (χ3v) is 7.99. The number of fused-ring (bicyclic) bond motifs is 2. The summed E-state index contributed by atoms with van der Waals surface area (Å²) < 4.78 is 30.4. The van der Waals surface area contributed by atoms with Gasteiger partial charge in [-0.2, -0.15) is 5.10 Å². The minimum Gasteiger partial charge on any atom is -0.378 e. The zero-order valence-corrected chi connectivity index (χ0v) is 23.4. The van der Waals surface area contributed by atoms with Gasteiger partial charge in [-0.05, 0) is 25.1 Å². The van der Waals surface area contributed by atoms with Gasteiger partial charge >= 0.3 is 5.69 Å². The normalized spacial score (nSPS) is 14.1. The molecule has 0 aliphatic carbocycles. The highest BCUT2D eigenvalue weighted by molar-refractivity contribution is 5.94. The number of rotatable bonds is 5. The molecule has 0 amide bonds. The number of hydrogen-bond donors (Lipinski definition) is 0. The number of ether oxygens (including phenoxy) is 1. The average molecular weight is 556 g/mol. The Morgan fingerprint density at radius 1 is 1.00 bits per heavy atom. The Bertz CT molecular complexity index is 2000. The van der Waals surface area contributed by atoms with Crippen molar-refractivity contribution in [2.75, 3.05) is 31.2 Å². The molecule has 0 unspecified atom stereocenters. The second kappa shape index (κ2) is 9.44. The van der Waals surface area contributed by atoms with Gasteiger partial charge in [0.2, 0.25) is 0 Å². The number of halogens is 1. The topological polar surface area (TPSA) is 92.9 Å². The highest BCUT2D eigenvalue weighted by atomic mass is 19.1. The largest absolute Gasteiger partial charge is 0.378 e. The van der Waals surface area contributed by atoms with Gasteiger partial charge in [-0.25, -0.2) is 19.2 Å². The number of hydrogen-bond acceptors (Lipinski definition) is 6. The van der Waals surface area contributed by atoms with Crippen molar-refractivity contribution in [2.45, 2.75) is 13.5 Å². The predicted octanol–water partition coefficient (Wildman–Crippen LogP) is 3.48. The fourth-order valence-electron chi connectivity index (χ4n) is 5.79. The van der Waals surface area contributed by atoms with Gasteiger partial charge < -0.3 is 14.2 Å². The van der Waals surface area contributed by atoms with Crippen LogP contribution < -0.4 is 10.6 Å². The maximum atomic E-state index is 15.8. The van der Waals surface area contributed by atoms with E-state index in [-0.39, 0.29) is 11.5 Å². The second-order valence-electron chi connectivity index (χ2n) is 10.4. The third kappa shape index (κ3) is 3.89. The van der Waals surface area contributed by atoms with Crippen LogP contribution in [0.3, 0.4) is 0 Å². The van der Waals surface area contributed by atoms with Crippen LogP contribution in [0.25, 0.3) is 50.4 Å². The van der Waals surface area contributed by atoms with Crippen molar-refractivity contribution in [3.63, 3.8) is 0 Å². The van der Waals surface area contributed by atoms with Crippen molar-refractivity contribution in [3.8, 4) is 28.3 Å². The number of benzene rings is 2. The van der Waals surface area contributed by atoms with Crippen LogP contribution in [-0.2, 0) is 32.4 Å². The van der Waals surface area contributed by atoms with E-state index in [4.69, 9.17) is 9.72 Å². The summed E-state index contributed by atoms with van der Waals surface area (Å²) in [6, 6.07) is 7.34. The Morgan fingerprint density at radius 3 is 2.51 bits per heavy atom. The number of aromatic nitrogens is 8. The van der Waals surface area contributed by atoms with Crippen molar-refractivity contribution in [1.29, 1.82) is 0 Å². The fraction of sp³-hybridized carbons (Fsp3) is 0.310. The molecule has 11 nitrogen and oxygen atoms in total. The molecule has 1 saturated heterocycles. The maximum absolute atomic E-state index is 15.8. The molecule has 5 heterocycles. The Hall–Kier alpha value is -4.71. The Kier molecular flexibility index (Phi) is 5.82. The summed E-state index contributed by atoms with van der Waals surface area (Å²) in [5, 5.41) is 4.32. The molecule has 4 aromatic heterocycles. The van der Waals surface area contributed by atoms with Crippen molar-refractivity contribution < 1.29 is 9.13 Å². The van der Waals surface area contributed by atoms with Crippen molar-refractivity contribution in [1.82, 2.24) is 38.0 Å². The molecule has 2 aromatic carbocycles.